The summed E-state index contributed by atoms with van der Waals surface area (Å²) in [4.78, 5) is 24.7. The van der Waals surface area contributed by atoms with Crippen LogP contribution in [-0.4, -0.2) is 33.2 Å². The predicted octanol–water partition coefficient (Wildman–Crippen LogP) is 3.35. The number of carbonyl (C=O) groups is 2. The smallest absolute Gasteiger partial charge is 0.307 e. The van der Waals surface area contributed by atoms with Gasteiger partial charge in [-0.25, -0.2) is 0 Å². The van der Waals surface area contributed by atoms with Crippen molar-refractivity contribution in [2.24, 2.45) is 0 Å². The van der Waals surface area contributed by atoms with Crippen LogP contribution in [-0.2, 0) is 9.53 Å². The summed E-state index contributed by atoms with van der Waals surface area (Å²) in [6.45, 7) is 3.85. The highest BCUT2D eigenvalue weighted by atomic mass is 16.5. The second kappa shape index (κ2) is 9.07. The van der Waals surface area contributed by atoms with Gasteiger partial charge in [0.25, 0.3) is 5.91 Å². The van der Waals surface area contributed by atoms with Crippen LogP contribution in [0.15, 0.2) is 36.4 Å². The number of hydrogen-bond donors (Lipinski definition) is 1. The molecule has 1 unspecified atom stereocenters. The van der Waals surface area contributed by atoms with E-state index >= 15 is 0 Å². The first kappa shape index (κ1) is 20.3. The number of hydrogen-bond acceptors (Lipinski definition) is 5. The fourth-order valence-corrected chi connectivity index (χ4v) is 2.80. The van der Waals surface area contributed by atoms with Crippen molar-refractivity contribution < 1.29 is 23.8 Å². The molecule has 0 saturated heterocycles. The van der Waals surface area contributed by atoms with Gasteiger partial charge in [0.05, 0.1) is 33.8 Å². The highest BCUT2D eigenvalue weighted by Crippen LogP contribution is 2.31. The fourth-order valence-electron chi connectivity index (χ4n) is 2.80. The molecule has 2 aromatic rings. The van der Waals surface area contributed by atoms with E-state index in [0.717, 1.165) is 16.7 Å². The maximum atomic E-state index is 12.8. The van der Waals surface area contributed by atoms with E-state index in [4.69, 9.17) is 14.2 Å². The second-order valence-electron chi connectivity index (χ2n) is 6.17. The van der Waals surface area contributed by atoms with Gasteiger partial charge >= 0.3 is 5.97 Å². The number of esters is 1. The van der Waals surface area contributed by atoms with E-state index in [0.29, 0.717) is 17.1 Å². The van der Waals surface area contributed by atoms with E-state index in [1.165, 1.54) is 14.2 Å². The van der Waals surface area contributed by atoms with Crippen LogP contribution in [0.25, 0.3) is 0 Å². The minimum absolute atomic E-state index is 0.00257. The lowest BCUT2D eigenvalue weighted by Crippen LogP contribution is -2.31. The first-order chi connectivity index (χ1) is 12.9. The van der Waals surface area contributed by atoms with Crippen LogP contribution in [0.4, 0.5) is 0 Å². The average Bonchev–Trinajstić information content (AvgIpc) is 2.68. The maximum absolute atomic E-state index is 12.8. The fraction of sp³-hybridized carbons (Fsp3) is 0.333. The molecule has 0 saturated carbocycles. The summed E-state index contributed by atoms with van der Waals surface area (Å²) in [5.74, 6) is 0.417. The summed E-state index contributed by atoms with van der Waals surface area (Å²) in [7, 11) is 4.40. The summed E-state index contributed by atoms with van der Waals surface area (Å²) >= 11 is 0. The van der Waals surface area contributed by atoms with E-state index in [-0.39, 0.29) is 12.3 Å². The molecule has 2 aromatic carbocycles. The molecule has 0 aliphatic heterocycles. The standard InChI is InChI=1S/C21H25NO5/c1-13-7-6-8-16(14(13)2)21(24)22-17(12-20(23)27-5)15-9-10-18(25-3)19(11-15)26-4/h6-11,17H,12H2,1-5H3,(H,22,24). The summed E-state index contributed by atoms with van der Waals surface area (Å²) in [5.41, 5.74) is 3.22. The lowest BCUT2D eigenvalue weighted by atomic mass is 10.00. The zero-order valence-corrected chi connectivity index (χ0v) is 16.3. The summed E-state index contributed by atoms with van der Waals surface area (Å²) < 4.78 is 15.4. The number of nitrogens with one attached hydrogen (secondary N) is 1. The molecule has 0 aromatic heterocycles. The number of aryl methyl sites for hydroxylation is 1. The molecule has 0 bridgehead atoms. The monoisotopic (exact) mass is 371 g/mol. The van der Waals surface area contributed by atoms with Crippen LogP contribution in [0.1, 0.15) is 39.5 Å². The first-order valence-electron chi connectivity index (χ1n) is 8.57. The Kier molecular flexibility index (Phi) is 6.82. The van der Waals surface area contributed by atoms with Crippen LogP contribution in [0.3, 0.4) is 0 Å². The quantitative estimate of drug-likeness (QED) is 0.756. The maximum Gasteiger partial charge on any atom is 0.307 e. The first-order valence-corrected chi connectivity index (χ1v) is 8.57. The number of methoxy groups -OCH3 is 3. The van der Waals surface area contributed by atoms with Gasteiger partial charge in [-0.05, 0) is 48.7 Å². The lowest BCUT2D eigenvalue weighted by Gasteiger charge is -2.20. The van der Waals surface area contributed by atoms with E-state index in [2.05, 4.69) is 5.32 Å². The van der Waals surface area contributed by atoms with Gasteiger partial charge in [-0.1, -0.05) is 18.2 Å². The minimum Gasteiger partial charge on any atom is -0.493 e. The molecule has 6 nitrogen and oxygen atoms in total. The Morgan fingerprint density at radius 2 is 1.70 bits per heavy atom. The van der Waals surface area contributed by atoms with Crippen LogP contribution < -0.4 is 14.8 Å². The molecular formula is C21H25NO5. The molecule has 144 valence electrons. The highest BCUT2D eigenvalue weighted by molar-refractivity contribution is 5.96. The number of ether oxygens (including phenoxy) is 3. The van der Waals surface area contributed by atoms with Crippen molar-refractivity contribution in [3.8, 4) is 11.5 Å². The third-order valence-electron chi connectivity index (χ3n) is 4.56. The third-order valence-corrected chi connectivity index (χ3v) is 4.56. The molecule has 0 aliphatic rings. The zero-order chi connectivity index (χ0) is 20.0. The molecule has 0 fully saturated rings. The third kappa shape index (κ3) is 4.78. The SMILES string of the molecule is COC(=O)CC(NC(=O)c1cccc(C)c1C)c1ccc(OC)c(OC)c1. The number of benzene rings is 2. The van der Waals surface area contributed by atoms with Crippen LogP contribution in [0.5, 0.6) is 11.5 Å². The minimum atomic E-state index is -0.565. The predicted molar refractivity (Wildman–Crippen MR) is 102 cm³/mol. The number of carbonyl (C=O) groups excluding carboxylic acids is 2. The molecule has 0 aliphatic carbocycles. The van der Waals surface area contributed by atoms with Crippen LogP contribution in [0.2, 0.25) is 0 Å². The Labute approximate surface area is 159 Å². The topological polar surface area (TPSA) is 73.9 Å². The van der Waals surface area contributed by atoms with Gasteiger partial charge in [0, 0.05) is 5.56 Å². The van der Waals surface area contributed by atoms with E-state index in [9.17, 15) is 9.59 Å². The largest absolute Gasteiger partial charge is 0.493 e. The molecule has 2 rings (SSSR count). The molecule has 1 amide bonds. The molecule has 1 N–H and O–H groups in total. The summed E-state index contributed by atoms with van der Waals surface area (Å²) in [5, 5.41) is 2.94. The molecular weight excluding hydrogens is 346 g/mol. The molecule has 0 heterocycles. The van der Waals surface area contributed by atoms with Crippen LogP contribution >= 0.6 is 0 Å². The highest BCUT2D eigenvalue weighted by Gasteiger charge is 2.22. The lowest BCUT2D eigenvalue weighted by molar-refractivity contribution is -0.141. The van der Waals surface area contributed by atoms with E-state index in [1.807, 2.05) is 26.0 Å². The van der Waals surface area contributed by atoms with Crippen molar-refractivity contribution in [2.75, 3.05) is 21.3 Å². The Balaban J connectivity index is 2.36. The number of rotatable bonds is 7. The Morgan fingerprint density at radius 1 is 1.00 bits per heavy atom. The van der Waals surface area contributed by atoms with Crippen molar-refractivity contribution in [2.45, 2.75) is 26.3 Å². The molecule has 0 radical (unpaired) electrons. The van der Waals surface area contributed by atoms with Gasteiger partial charge in [-0.3, -0.25) is 9.59 Å². The van der Waals surface area contributed by atoms with Crippen molar-refractivity contribution in [1.82, 2.24) is 5.32 Å². The Hall–Kier alpha value is -3.02. The van der Waals surface area contributed by atoms with Crippen molar-refractivity contribution in [1.29, 1.82) is 0 Å². The average molecular weight is 371 g/mol. The van der Waals surface area contributed by atoms with Crippen LogP contribution in [0, 0.1) is 13.8 Å². The molecule has 6 heteroatoms. The summed E-state index contributed by atoms with van der Waals surface area (Å²) in [6.07, 6.45) is 0.00257. The van der Waals surface area contributed by atoms with Gasteiger partial charge < -0.3 is 19.5 Å². The molecule has 1 atom stereocenters. The van der Waals surface area contributed by atoms with Crippen molar-refractivity contribution in [3.63, 3.8) is 0 Å². The van der Waals surface area contributed by atoms with Crippen molar-refractivity contribution in [3.05, 3.63) is 58.7 Å². The van der Waals surface area contributed by atoms with E-state index < -0.39 is 12.0 Å². The van der Waals surface area contributed by atoms with Gasteiger partial charge in [0.2, 0.25) is 0 Å². The number of amides is 1. The van der Waals surface area contributed by atoms with E-state index in [1.54, 1.807) is 31.4 Å². The second-order valence-corrected chi connectivity index (χ2v) is 6.17. The van der Waals surface area contributed by atoms with Crippen molar-refractivity contribution >= 4 is 11.9 Å². The Bertz CT molecular complexity index is 831. The molecule has 27 heavy (non-hydrogen) atoms. The molecule has 0 spiro atoms. The van der Waals surface area contributed by atoms with Gasteiger partial charge in [-0.15, -0.1) is 0 Å². The summed E-state index contributed by atoms with van der Waals surface area (Å²) in [6, 6.07) is 10.3. The van der Waals surface area contributed by atoms with Gasteiger partial charge in [-0.2, -0.15) is 0 Å². The van der Waals surface area contributed by atoms with Gasteiger partial charge in [0.15, 0.2) is 11.5 Å². The zero-order valence-electron chi connectivity index (χ0n) is 16.3. The normalized spacial score (nSPS) is 11.4. The Morgan fingerprint density at radius 3 is 2.33 bits per heavy atom. The van der Waals surface area contributed by atoms with Gasteiger partial charge in [0.1, 0.15) is 0 Å².